The summed E-state index contributed by atoms with van der Waals surface area (Å²) in [5, 5.41) is 11.3. The summed E-state index contributed by atoms with van der Waals surface area (Å²) in [6.07, 6.45) is 11.4. The van der Waals surface area contributed by atoms with Crippen molar-refractivity contribution in [2.45, 2.75) is 58.9 Å². The summed E-state index contributed by atoms with van der Waals surface area (Å²) in [7, 11) is 1.84. The summed E-state index contributed by atoms with van der Waals surface area (Å²) in [5.74, 6) is 0.902. The Bertz CT molecular complexity index is 526. The Morgan fingerprint density at radius 3 is 2.73 bits per heavy atom. The summed E-state index contributed by atoms with van der Waals surface area (Å²) in [6, 6.07) is 0. The van der Waals surface area contributed by atoms with Gasteiger partial charge in [0.05, 0.1) is 6.20 Å². The first-order valence-corrected chi connectivity index (χ1v) is 9.69. The van der Waals surface area contributed by atoms with E-state index in [2.05, 4.69) is 40.8 Å². The van der Waals surface area contributed by atoms with E-state index in [1.807, 2.05) is 17.9 Å². The van der Waals surface area contributed by atoms with E-state index in [4.69, 9.17) is 4.74 Å². The minimum atomic E-state index is 0. The highest BCUT2D eigenvalue weighted by atomic mass is 127. The van der Waals surface area contributed by atoms with Crippen LogP contribution in [0.2, 0.25) is 0 Å². The van der Waals surface area contributed by atoms with E-state index < -0.39 is 0 Å². The van der Waals surface area contributed by atoms with Gasteiger partial charge in [-0.05, 0) is 50.5 Å². The molecule has 26 heavy (non-hydrogen) atoms. The Morgan fingerprint density at radius 2 is 2.12 bits per heavy atom. The molecule has 0 spiro atoms. The highest BCUT2D eigenvalue weighted by Gasteiger charge is 2.33. The van der Waals surface area contributed by atoms with E-state index in [0.29, 0.717) is 5.41 Å². The topological polar surface area (TPSA) is 63.5 Å². The van der Waals surface area contributed by atoms with E-state index in [1.165, 1.54) is 31.2 Å². The van der Waals surface area contributed by atoms with Gasteiger partial charge in [-0.15, -0.1) is 24.0 Å². The lowest BCUT2D eigenvalue weighted by molar-refractivity contribution is 0.105. The fourth-order valence-corrected chi connectivity index (χ4v) is 3.60. The number of hydrogen-bond acceptors (Lipinski definition) is 3. The number of nitrogens with zero attached hydrogens (tertiary/aromatic N) is 3. The average molecular weight is 477 g/mol. The van der Waals surface area contributed by atoms with Gasteiger partial charge in [0.25, 0.3) is 0 Å². The van der Waals surface area contributed by atoms with Crippen LogP contribution in [-0.4, -0.2) is 49.1 Å². The summed E-state index contributed by atoms with van der Waals surface area (Å²) >= 11 is 0. The molecule has 1 aromatic rings. The largest absolute Gasteiger partial charge is 0.382 e. The van der Waals surface area contributed by atoms with Gasteiger partial charge in [-0.25, -0.2) is 0 Å². The quantitative estimate of drug-likeness (QED) is 0.235. The Labute approximate surface area is 175 Å². The predicted octanol–water partition coefficient (Wildman–Crippen LogP) is 3.35. The van der Waals surface area contributed by atoms with Crippen LogP contribution in [0.4, 0.5) is 0 Å². The van der Waals surface area contributed by atoms with Gasteiger partial charge in [0.1, 0.15) is 0 Å². The molecule has 0 aromatic carbocycles. The zero-order valence-corrected chi connectivity index (χ0v) is 18.9. The van der Waals surface area contributed by atoms with Gasteiger partial charge in [0.15, 0.2) is 5.96 Å². The van der Waals surface area contributed by atoms with Crippen LogP contribution in [0, 0.1) is 12.3 Å². The fraction of sp³-hybridized carbons (Fsp3) is 0.789. The predicted molar refractivity (Wildman–Crippen MR) is 118 cm³/mol. The van der Waals surface area contributed by atoms with Crippen molar-refractivity contribution in [1.82, 2.24) is 20.4 Å². The van der Waals surface area contributed by atoms with Gasteiger partial charge in [0, 0.05) is 46.1 Å². The van der Waals surface area contributed by atoms with Gasteiger partial charge in [0.2, 0.25) is 0 Å². The number of hydrogen-bond donors (Lipinski definition) is 2. The monoisotopic (exact) mass is 477 g/mol. The minimum Gasteiger partial charge on any atom is -0.382 e. The lowest BCUT2D eigenvalue weighted by Crippen LogP contribution is -2.43. The number of halogens is 1. The third-order valence-electron chi connectivity index (χ3n) is 5.12. The number of aryl methyl sites for hydroxylation is 2. The molecule has 1 heterocycles. The Balaban J connectivity index is 0.00000338. The number of aromatic nitrogens is 2. The maximum Gasteiger partial charge on any atom is 0.190 e. The highest BCUT2D eigenvalue weighted by Crippen LogP contribution is 2.40. The fourth-order valence-electron chi connectivity index (χ4n) is 3.60. The van der Waals surface area contributed by atoms with Crippen molar-refractivity contribution in [1.29, 1.82) is 0 Å². The number of nitrogens with one attached hydrogen (secondary N) is 2. The van der Waals surface area contributed by atoms with Gasteiger partial charge >= 0.3 is 0 Å². The molecule has 0 aliphatic heterocycles. The SMILES string of the molecule is CCOCCC1(CNC(=NC)NCCCn2cc(C)cn2)CCCC1.I. The minimum absolute atomic E-state index is 0. The van der Waals surface area contributed by atoms with Crippen molar-refractivity contribution in [3.63, 3.8) is 0 Å². The maximum absolute atomic E-state index is 5.59. The van der Waals surface area contributed by atoms with E-state index in [0.717, 1.165) is 51.6 Å². The van der Waals surface area contributed by atoms with E-state index in [1.54, 1.807) is 0 Å². The second-order valence-electron chi connectivity index (χ2n) is 7.14. The summed E-state index contributed by atoms with van der Waals surface area (Å²) < 4.78 is 7.59. The Morgan fingerprint density at radius 1 is 1.35 bits per heavy atom. The van der Waals surface area contributed by atoms with Crippen molar-refractivity contribution in [2.24, 2.45) is 10.4 Å². The van der Waals surface area contributed by atoms with Crippen molar-refractivity contribution >= 4 is 29.9 Å². The highest BCUT2D eigenvalue weighted by molar-refractivity contribution is 14.0. The van der Waals surface area contributed by atoms with Crippen LogP contribution in [0.15, 0.2) is 17.4 Å². The number of rotatable bonds is 10. The zero-order chi connectivity index (χ0) is 18.0. The molecule has 0 atom stereocenters. The van der Waals surface area contributed by atoms with Gasteiger partial charge in [-0.3, -0.25) is 9.67 Å². The third-order valence-corrected chi connectivity index (χ3v) is 5.12. The number of aliphatic imine (C=N–C) groups is 1. The van der Waals surface area contributed by atoms with Crippen LogP contribution in [0.25, 0.3) is 0 Å². The maximum atomic E-state index is 5.59. The van der Waals surface area contributed by atoms with E-state index in [9.17, 15) is 0 Å². The third kappa shape index (κ3) is 7.82. The lowest BCUT2D eigenvalue weighted by atomic mass is 9.83. The number of ether oxygens (including phenoxy) is 1. The summed E-state index contributed by atoms with van der Waals surface area (Å²) in [4.78, 5) is 4.37. The molecular weight excluding hydrogens is 441 g/mol. The second kappa shape index (κ2) is 12.5. The molecule has 1 aromatic heterocycles. The van der Waals surface area contributed by atoms with Crippen molar-refractivity contribution in [3.8, 4) is 0 Å². The van der Waals surface area contributed by atoms with Crippen molar-refractivity contribution in [3.05, 3.63) is 18.0 Å². The average Bonchev–Trinajstić information content (AvgIpc) is 3.24. The Hall–Kier alpha value is -0.830. The van der Waals surface area contributed by atoms with E-state index >= 15 is 0 Å². The first-order chi connectivity index (χ1) is 12.2. The first kappa shape index (κ1) is 23.2. The second-order valence-corrected chi connectivity index (χ2v) is 7.14. The molecule has 0 unspecified atom stereocenters. The standard InChI is InChI=1S/C19H35N5O.HI/c1-4-25-13-10-19(8-5-6-9-19)16-22-18(20-3)21-11-7-12-24-15-17(2)14-23-24;/h14-15H,4-13,16H2,1-3H3,(H2,20,21,22);1H. The smallest absolute Gasteiger partial charge is 0.190 e. The molecule has 2 N–H and O–H groups in total. The molecule has 0 amide bonds. The van der Waals surface area contributed by atoms with Gasteiger partial charge < -0.3 is 15.4 Å². The molecule has 1 aliphatic rings. The van der Waals surface area contributed by atoms with Crippen LogP contribution in [-0.2, 0) is 11.3 Å². The summed E-state index contributed by atoms with van der Waals surface area (Å²) in [6.45, 7) is 8.61. The van der Waals surface area contributed by atoms with Gasteiger partial charge in [-0.2, -0.15) is 5.10 Å². The first-order valence-electron chi connectivity index (χ1n) is 9.69. The summed E-state index contributed by atoms with van der Waals surface area (Å²) in [5.41, 5.74) is 1.58. The molecule has 1 saturated carbocycles. The molecule has 6 nitrogen and oxygen atoms in total. The van der Waals surface area contributed by atoms with Crippen molar-refractivity contribution in [2.75, 3.05) is 33.4 Å². The molecular formula is C19H36IN5O. The van der Waals surface area contributed by atoms with Crippen LogP contribution in [0.1, 0.15) is 51.0 Å². The molecule has 0 radical (unpaired) electrons. The van der Waals surface area contributed by atoms with Crippen LogP contribution < -0.4 is 10.6 Å². The molecule has 1 aliphatic carbocycles. The molecule has 150 valence electrons. The molecule has 0 saturated heterocycles. The zero-order valence-electron chi connectivity index (χ0n) is 16.6. The normalized spacial score (nSPS) is 16.3. The van der Waals surface area contributed by atoms with Crippen molar-refractivity contribution < 1.29 is 4.74 Å². The Kier molecular flexibility index (Phi) is 11.2. The van der Waals surface area contributed by atoms with Crippen LogP contribution in [0.5, 0.6) is 0 Å². The van der Waals surface area contributed by atoms with Crippen LogP contribution >= 0.6 is 24.0 Å². The van der Waals surface area contributed by atoms with Gasteiger partial charge in [-0.1, -0.05) is 12.8 Å². The van der Waals surface area contributed by atoms with E-state index in [-0.39, 0.29) is 24.0 Å². The molecule has 7 heteroatoms. The molecule has 1 fully saturated rings. The molecule has 0 bridgehead atoms. The van der Waals surface area contributed by atoms with Crippen LogP contribution in [0.3, 0.4) is 0 Å². The lowest BCUT2D eigenvalue weighted by Gasteiger charge is -2.30. The number of guanidine groups is 1. The molecule has 2 rings (SSSR count).